The first-order chi connectivity index (χ1) is 10.5. The van der Waals surface area contributed by atoms with Crippen molar-refractivity contribution in [3.8, 4) is 0 Å². The Kier molecular flexibility index (Phi) is 5.93. The van der Waals surface area contributed by atoms with Gasteiger partial charge in [-0.1, -0.05) is 19.3 Å². The zero-order valence-electron chi connectivity index (χ0n) is 12.7. The van der Waals surface area contributed by atoms with Gasteiger partial charge in [0.2, 0.25) is 5.91 Å². The monoisotopic (exact) mass is 372 g/mol. The number of rotatable bonds is 6. The van der Waals surface area contributed by atoms with Gasteiger partial charge in [-0.2, -0.15) is 4.68 Å². The molecular weight excluding hydrogens is 352 g/mol. The molecule has 1 aliphatic rings. The van der Waals surface area contributed by atoms with Gasteiger partial charge in [-0.05, 0) is 47.0 Å². The van der Waals surface area contributed by atoms with Gasteiger partial charge in [0.25, 0.3) is 0 Å². The van der Waals surface area contributed by atoms with Crippen molar-refractivity contribution in [1.82, 2.24) is 15.1 Å². The van der Waals surface area contributed by atoms with Gasteiger partial charge in [0, 0.05) is 12.5 Å². The molecule has 0 aliphatic heterocycles. The molecule has 0 spiro atoms. The molecule has 1 heterocycles. The second kappa shape index (κ2) is 7.71. The largest absolute Gasteiger partial charge is 0.404 e. The fourth-order valence-corrected chi connectivity index (χ4v) is 3.21. The summed E-state index contributed by atoms with van der Waals surface area (Å²) in [4.78, 5) is 22.2. The molecule has 0 saturated heterocycles. The molecule has 1 amide bonds. The third kappa shape index (κ3) is 4.28. The maximum absolute atomic E-state index is 11.9. The molecule has 122 valence electrons. The summed E-state index contributed by atoms with van der Waals surface area (Å²) >= 11 is 3.18. The highest BCUT2D eigenvalue weighted by Crippen LogP contribution is 2.27. The van der Waals surface area contributed by atoms with E-state index < -0.39 is 4.92 Å². The molecule has 0 atom stereocenters. The first-order valence-corrected chi connectivity index (χ1v) is 8.45. The number of aromatic nitrogens is 2. The van der Waals surface area contributed by atoms with Crippen molar-refractivity contribution in [2.45, 2.75) is 64.5 Å². The van der Waals surface area contributed by atoms with Crippen molar-refractivity contribution in [2.75, 3.05) is 0 Å². The molecule has 1 aliphatic carbocycles. The predicted octanol–water partition coefficient (Wildman–Crippen LogP) is 3.09. The molecule has 0 radical (unpaired) electrons. The lowest BCUT2D eigenvalue weighted by Gasteiger charge is -2.22. The third-order valence-electron chi connectivity index (χ3n) is 4.03. The van der Waals surface area contributed by atoms with E-state index in [1.54, 1.807) is 11.6 Å². The maximum Gasteiger partial charge on any atom is 0.404 e. The molecule has 1 fully saturated rings. The van der Waals surface area contributed by atoms with Crippen LogP contribution in [0.4, 0.5) is 5.82 Å². The summed E-state index contributed by atoms with van der Waals surface area (Å²) in [6.07, 6.45) is 6.82. The molecule has 8 heteroatoms. The first kappa shape index (κ1) is 16.9. The van der Waals surface area contributed by atoms with Crippen molar-refractivity contribution in [3.05, 3.63) is 20.3 Å². The van der Waals surface area contributed by atoms with Crippen molar-refractivity contribution < 1.29 is 9.72 Å². The van der Waals surface area contributed by atoms with Crippen LogP contribution in [0.25, 0.3) is 0 Å². The Morgan fingerprint density at radius 2 is 2.14 bits per heavy atom. The number of nitrogens with zero attached hydrogens (tertiary/aromatic N) is 3. The summed E-state index contributed by atoms with van der Waals surface area (Å²) in [5, 5.41) is 17.9. The summed E-state index contributed by atoms with van der Waals surface area (Å²) in [7, 11) is 0. The number of amides is 1. The SMILES string of the molecule is Cc1c(Br)c([N+](=O)[O-])nn1CCCC(=O)NC1CCCCC1. The van der Waals surface area contributed by atoms with Crippen molar-refractivity contribution in [1.29, 1.82) is 0 Å². The van der Waals surface area contributed by atoms with Crippen LogP contribution in [0.3, 0.4) is 0 Å². The number of aryl methyl sites for hydroxylation is 1. The van der Waals surface area contributed by atoms with Crippen molar-refractivity contribution in [2.24, 2.45) is 0 Å². The van der Waals surface area contributed by atoms with Crippen LogP contribution >= 0.6 is 15.9 Å². The Labute approximate surface area is 137 Å². The van der Waals surface area contributed by atoms with Gasteiger partial charge < -0.3 is 15.4 Å². The van der Waals surface area contributed by atoms with E-state index in [2.05, 4.69) is 26.3 Å². The van der Waals surface area contributed by atoms with Gasteiger partial charge in [-0.25, -0.2) is 0 Å². The Bertz CT molecular complexity index is 553. The van der Waals surface area contributed by atoms with E-state index in [0.29, 0.717) is 35.6 Å². The van der Waals surface area contributed by atoms with Gasteiger partial charge in [0.1, 0.15) is 4.47 Å². The number of halogens is 1. The highest BCUT2D eigenvalue weighted by molar-refractivity contribution is 9.10. The highest BCUT2D eigenvalue weighted by atomic mass is 79.9. The number of hydrogen-bond donors (Lipinski definition) is 1. The van der Waals surface area contributed by atoms with Crippen molar-refractivity contribution in [3.63, 3.8) is 0 Å². The lowest BCUT2D eigenvalue weighted by molar-refractivity contribution is -0.390. The summed E-state index contributed by atoms with van der Waals surface area (Å²) in [5.74, 6) is -0.116. The molecule has 1 aromatic rings. The van der Waals surface area contributed by atoms with Gasteiger partial charge in [-0.15, -0.1) is 0 Å². The minimum absolute atomic E-state index is 0.0604. The quantitative estimate of drug-likeness (QED) is 0.613. The van der Waals surface area contributed by atoms with Crippen LogP contribution in [-0.2, 0) is 11.3 Å². The summed E-state index contributed by atoms with van der Waals surface area (Å²) in [6.45, 7) is 2.27. The zero-order valence-corrected chi connectivity index (χ0v) is 14.3. The average Bonchev–Trinajstić information content (AvgIpc) is 2.77. The Morgan fingerprint density at radius 3 is 2.73 bits per heavy atom. The summed E-state index contributed by atoms with van der Waals surface area (Å²) in [6, 6.07) is 0.322. The number of nitrogens with one attached hydrogen (secondary N) is 1. The molecule has 1 aromatic heterocycles. The van der Waals surface area contributed by atoms with Gasteiger partial charge in [0.05, 0.1) is 17.3 Å². The van der Waals surface area contributed by atoms with Gasteiger partial charge in [-0.3, -0.25) is 4.79 Å². The normalized spacial score (nSPS) is 15.7. The Morgan fingerprint density at radius 1 is 1.45 bits per heavy atom. The molecule has 0 bridgehead atoms. The van der Waals surface area contributed by atoms with Crippen LogP contribution in [-0.4, -0.2) is 26.7 Å². The molecule has 0 unspecified atom stereocenters. The first-order valence-electron chi connectivity index (χ1n) is 7.65. The van der Waals surface area contributed by atoms with E-state index in [0.717, 1.165) is 12.8 Å². The Hall–Kier alpha value is -1.44. The number of hydrogen-bond acceptors (Lipinski definition) is 4. The van der Waals surface area contributed by atoms with E-state index in [-0.39, 0.29) is 11.7 Å². The highest BCUT2D eigenvalue weighted by Gasteiger charge is 2.23. The number of carbonyl (C=O) groups excluding carboxylic acids is 1. The van der Waals surface area contributed by atoms with E-state index in [1.807, 2.05) is 0 Å². The molecule has 2 rings (SSSR count). The van der Waals surface area contributed by atoms with Crippen LogP contribution < -0.4 is 5.32 Å². The van der Waals surface area contributed by atoms with Crippen LogP contribution in [0, 0.1) is 17.0 Å². The summed E-state index contributed by atoms with van der Waals surface area (Å²) < 4.78 is 1.99. The molecule has 1 N–H and O–H groups in total. The second-order valence-electron chi connectivity index (χ2n) is 5.71. The van der Waals surface area contributed by atoms with Crippen LogP contribution in [0.1, 0.15) is 50.6 Å². The minimum atomic E-state index is -0.511. The van der Waals surface area contributed by atoms with E-state index in [9.17, 15) is 14.9 Å². The lowest BCUT2D eigenvalue weighted by atomic mass is 9.95. The number of carbonyl (C=O) groups is 1. The lowest BCUT2D eigenvalue weighted by Crippen LogP contribution is -2.36. The predicted molar refractivity (Wildman–Crippen MR) is 85.6 cm³/mol. The standard InChI is InChI=1S/C14H21BrN4O3/c1-10-13(15)14(19(21)22)17-18(10)9-5-8-12(20)16-11-6-3-2-4-7-11/h11H,2-9H2,1H3,(H,16,20). The zero-order chi connectivity index (χ0) is 16.1. The average molecular weight is 373 g/mol. The van der Waals surface area contributed by atoms with E-state index >= 15 is 0 Å². The topological polar surface area (TPSA) is 90.1 Å². The molecular formula is C14H21BrN4O3. The summed E-state index contributed by atoms with van der Waals surface area (Å²) in [5.41, 5.74) is 0.708. The van der Waals surface area contributed by atoms with E-state index in [1.165, 1.54) is 19.3 Å². The molecule has 7 nitrogen and oxygen atoms in total. The third-order valence-corrected chi connectivity index (χ3v) is 4.96. The van der Waals surface area contributed by atoms with Crippen LogP contribution in [0.5, 0.6) is 0 Å². The van der Waals surface area contributed by atoms with Gasteiger partial charge in [0.15, 0.2) is 0 Å². The fourth-order valence-electron chi connectivity index (χ4n) is 2.78. The molecule has 1 saturated carbocycles. The smallest absolute Gasteiger partial charge is 0.358 e. The van der Waals surface area contributed by atoms with Crippen LogP contribution in [0.2, 0.25) is 0 Å². The number of nitro groups is 1. The molecule has 0 aromatic carbocycles. The molecule has 22 heavy (non-hydrogen) atoms. The van der Waals surface area contributed by atoms with Crippen LogP contribution in [0.15, 0.2) is 4.47 Å². The Balaban J connectivity index is 1.79. The minimum Gasteiger partial charge on any atom is -0.358 e. The fraction of sp³-hybridized carbons (Fsp3) is 0.714. The second-order valence-corrected chi connectivity index (χ2v) is 6.50. The van der Waals surface area contributed by atoms with Gasteiger partial charge >= 0.3 is 5.82 Å². The maximum atomic E-state index is 11.9. The van der Waals surface area contributed by atoms with E-state index in [4.69, 9.17) is 0 Å². The van der Waals surface area contributed by atoms with Crippen molar-refractivity contribution >= 4 is 27.7 Å².